The van der Waals surface area contributed by atoms with Crippen molar-refractivity contribution in [3.8, 4) is 0 Å². The van der Waals surface area contributed by atoms with Crippen LogP contribution < -0.4 is 4.90 Å². The van der Waals surface area contributed by atoms with Gasteiger partial charge in [-0.15, -0.1) is 0 Å². The molecule has 0 aromatic carbocycles. The van der Waals surface area contributed by atoms with E-state index < -0.39 is 0 Å². The van der Waals surface area contributed by atoms with E-state index in [0.717, 1.165) is 64.7 Å². The molecule has 3 fully saturated rings. The molecule has 0 spiro atoms. The molecule has 160 valence electrons. The molecule has 3 aliphatic heterocycles. The third kappa shape index (κ3) is 5.68. The van der Waals surface area contributed by atoms with Crippen molar-refractivity contribution in [1.82, 2.24) is 19.7 Å². The van der Waals surface area contributed by atoms with Crippen molar-refractivity contribution >= 4 is 11.7 Å². The zero-order valence-electron chi connectivity index (χ0n) is 17.7. The standard InChI is InChI=1S/C22H35N5O2/c1-19-15-27(13-14-29-19)22(28)18-25-8-4-5-20(17-25)16-24-9-11-26(12-10-24)21-6-2-3-7-23-21/h2-3,6-7,19-20H,4-5,8-18H2,1H3. The molecule has 4 heterocycles. The quantitative estimate of drug-likeness (QED) is 0.738. The van der Waals surface area contributed by atoms with Crippen LogP contribution >= 0.6 is 0 Å². The number of morpholine rings is 1. The Morgan fingerprint density at radius 2 is 1.97 bits per heavy atom. The van der Waals surface area contributed by atoms with Crippen molar-refractivity contribution in [2.24, 2.45) is 5.92 Å². The van der Waals surface area contributed by atoms with E-state index in [0.29, 0.717) is 19.1 Å². The van der Waals surface area contributed by atoms with E-state index in [1.807, 2.05) is 24.1 Å². The van der Waals surface area contributed by atoms with Gasteiger partial charge in [-0.3, -0.25) is 14.6 Å². The van der Waals surface area contributed by atoms with Gasteiger partial charge in [0.1, 0.15) is 5.82 Å². The maximum absolute atomic E-state index is 12.7. The van der Waals surface area contributed by atoms with Gasteiger partial charge in [-0.05, 0) is 44.4 Å². The van der Waals surface area contributed by atoms with Crippen molar-refractivity contribution in [3.63, 3.8) is 0 Å². The summed E-state index contributed by atoms with van der Waals surface area (Å²) in [7, 11) is 0. The van der Waals surface area contributed by atoms with Gasteiger partial charge < -0.3 is 14.5 Å². The summed E-state index contributed by atoms with van der Waals surface area (Å²) in [6, 6.07) is 6.13. The van der Waals surface area contributed by atoms with Crippen LogP contribution in [0.2, 0.25) is 0 Å². The summed E-state index contributed by atoms with van der Waals surface area (Å²) in [5, 5.41) is 0. The number of hydrogen-bond donors (Lipinski definition) is 0. The Kier molecular flexibility index (Phi) is 7.00. The van der Waals surface area contributed by atoms with E-state index in [-0.39, 0.29) is 12.0 Å². The van der Waals surface area contributed by atoms with Crippen LogP contribution in [0.4, 0.5) is 5.82 Å². The fourth-order valence-electron chi connectivity index (χ4n) is 4.85. The highest BCUT2D eigenvalue weighted by Gasteiger charge is 2.28. The minimum Gasteiger partial charge on any atom is -0.375 e. The van der Waals surface area contributed by atoms with Gasteiger partial charge in [0.15, 0.2) is 0 Å². The highest BCUT2D eigenvalue weighted by molar-refractivity contribution is 5.78. The van der Waals surface area contributed by atoms with Gasteiger partial charge in [-0.2, -0.15) is 0 Å². The molecule has 0 aliphatic carbocycles. The smallest absolute Gasteiger partial charge is 0.236 e. The van der Waals surface area contributed by atoms with Crippen molar-refractivity contribution in [2.75, 3.05) is 77.0 Å². The van der Waals surface area contributed by atoms with Gasteiger partial charge in [0.05, 0.1) is 19.3 Å². The number of likely N-dealkylation sites (tertiary alicyclic amines) is 1. The zero-order chi connectivity index (χ0) is 20.1. The third-order valence-electron chi connectivity index (χ3n) is 6.42. The number of carbonyl (C=O) groups is 1. The second kappa shape index (κ2) is 9.87. The third-order valence-corrected chi connectivity index (χ3v) is 6.42. The predicted octanol–water partition coefficient (Wildman–Crippen LogP) is 1.16. The first-order valence-electron chi connectivity index (χ1n) is 11.2. The molecule has 1 amide bonds. The van der Waals surface area contributed by atoms with Crippen LogP contribution in [0.3, 0.4) is 0 Å². The van der Waals surface area contributed by atoms with Crippen LogP contribution in [0.15, 0.2) is 24.4 Å². The lowest BCUT2D eigenvalue weighted by molar-refractivity contribution is -0.139. The molecule has 0 saturated carbocycles. The number of amides is 1. The van der Waals surface area contributed by atoms with Gasteiger partial charge in [0.25, 0.3) is 0 Å². The van der Waals surface area contributed by atoms with Gasteiger partial charge >= 0.3 is 0 Å². The summed E-state index contributed by atoms with van der Waals surface area (Å²) >= 11 is 0. The lowest BCUT2D eigenvalue weighted by Gasteiger charge is -2.40. The lowest BCUT2D eigenvalue weighted by atomic mass is 9.97. The van der Waals surface area contributed by atoms with Crippen molar-refractivity contribution in [1.29, 1.82) is 0 Å². The lowest BCUT2D eigenvalue weighted by Crippen LogP contribution is -2.52. The fraction of sp³-hybridized carbons (Fsp3) is 0.727. The van der Waals surface area contributed by atoms with Crippen LogP contribution in [-0.4, -0.2) is 104 Å². The number of rotatable bonds is 5. The number of ether oxygens (including phenoxy) is 1. The molecular weight excluding hydrogens is 366 g/mol. The van der Waals surface area contributed by atoms with Gasteiger partial charge in [-0.25, -0.2) is 4.98 Å². The first kappa shape index (κ1) is 20.6. The maximum atomic E-state index is 12.7. The maximum Gasteiger partial charge on any atom is 0.236 e. The number of carbonyl (C=O) groups excluding carboxylic acids is 1. The summed E-state index contributed by atoms with van der Waals surface area (Å²) in [6.07, 6.45) is 4.51. The van der Waals surface area contributed by atoms with Crippen LogP contribution in [0.1, 0.15) is 19.8 Å². The molecule has 4 rings (SSSR count). The average molecular weight is 402 g/mol. The molecule has 1 aromatic rings. The molecule has 3 saturated heterocycles. The summed E-state index contributed by atoms with van der Waals surface area (Å²) in [5.74, 6) is 2.03. The predicted molar refractivity (Wildman–Crippen MR) is 114 cm³/mol. The zero-order valence-corrected chi connectivity index (χ0v) is 17.7. The monoisotopic (exact) mass is 401 g/mol. The Labute approximate surface area is 174 Å². The molecular formula is C22H35N5O2. The Morgan fingerprint density at radius 1 is 1.10 bits per heavy atom. The molecule has 7 nitrogen and oxygen atoms in total. The number of hydrogen-bond acceptors (Lipinski definition) is 6. The first-order valence-corrected chi connectivity index (χ1v) is 11.2. The summed E-state index contributed by atoms with van der Waals surface area (Å²) < 4.78 is 5.57. The van der Waals surface area contributed by atoms with E-state index in [1.54, 1.807) is 0 Å². The van der Waals surface area contributed by atoms with Gasteiger partial charge in [0, 0.05) is 58.6 Å². The molecule has 0 bridgehead atoms. The highest BCUT2D eigenvalue weighted by Crippen LogP contribution is 2.20. The molecule has 1 aromatic heterocycles. The number of pyridine rings is 1. The number of anilines is 1. The summed E-state index contributed by atoms with van der Waals surface area (Å²) in [6.45, 7) is 12.3. The number of piperazine rings is 1. The largest absolute Gasteiger partial charge is 0.375 e. The normalized spacial score (nSPS) is 27.2. The highest BCUT2D eigenvalue weighted by atomic mass is 16.5. The van der Waals surface area contributed by atoms with Crippen LogP contribution in [0.25, 0.3) is 0 Å². The Balaban J connectivity index is 1.21. The number of aromatic nitrogens is 1. The second-order valence-corrected chi connectivity index (χ2v) is 8.74. The van der Waals surface area contributed by atoms with Gasteiger partial charge in [-0.1, -0.05) is 6.07 Å². The molecule has 0 radical (unpaired) electrons. The van der Waals surface area contributed by atoms with Crippen molar-refractivity contribution in [3.05, 3.63) is 24.4 Å². The second-order valence-electron chi connectivity index (χ2n) is 8.74. The van der Waals surface area contributed by atoms with Crippen molar-refractivity contribution < 1.29 is 9.53 Å². The van der Waals surface area contributed by atoms with E-state index >= 15 is 0 Å². The molecule has 3 aliphatic rings. The molecule has 7 heteroatoms. The Bertz CT molecular complexity index is 650. The minimum atomic E-state index is 0.159. The van der Waals surface area contributed by atoms with Crippen LogP contribution in [0, 0.1) is 5.92 Å². The Morgan fingerprint density at radius 3 is 2.72 bits per heavy atom. The van der Waals surface area contributed by atoms with E-state index in [1.165, 1.54) is 12.8 Å². The molecule has 2 atom stereocenters. The number of nitrogens with zero attached hydrogens (tertiary/aromatic N) is 5. The Hall–Kier alpha value is -1.70. The van der Waals surface area contributed by atoms with Gasteiger partial charge in [0.2, 0.25) is 5.91 Å². The van der Waals surface area contributed by atoms with E-state index in [9.17, 15) is 4.79 Å². The van der Waals surface area contributed by atoms with E-state index in [2.05, 4.69) is 31.8 Å². The SMILES string of the molecule is CC1CN(C(=O)CN2CCCC(CN3CCN(c4ccccn4)CC3)C2)CCO1. The first-order chi connectivity index (χ1) is 14.2. The minimum absolute atomic E-state index is 0.159. The van der Waals surface area contributed by atoms with Crippen LogP contribution in [0.5, 0.6) is 0 Å². The van der Waals surface area contributed by atoms with Crippen LogP contribution in [-0.2, 0) is 9.53 Å². The fourth-order valence-corrected chi connectivity index (χ4v) is 4.85. The number of piperidine rings is 1. The summed E-state index contributed by atoms with van der Waals surface area (Å²) in [5.41, 5.74) is 0. The summed E-state index contributed by atoms with van der Waals surface area (Å²) in [4.78, 5) is 26.5. The van der Waals surface area contributed by atoms with Crippen molar-refractivity contribution in [2.45, 2.75) is 25.9 Å². The molecule has 29 heavy (non-hydrogen) atoms. The van der Waals surface area contributed by atoms with E-state index in [4.69, 9.17) is 4.74 Å². The average Bonchev–Trinajstić information content (AvgIpc) is 2.75. The molecule has 0 N–H and O–H groups in total. The molecule has 2 unspecified atom stereocenters. The topological polar surface area (TPSA) is 52.2 Å².